The second kappa shape index (κ2) is 6.31. The van der Waals surface area contributed by atoms with Gasteiger partial charge in [0.2, 0.25) is 10.0 Å². The lowest BCUT2D eigenvalue weighted by Crippen LogP contribution is -2.25. The fourth-order valence-corrected chi connectivity index (χ4v) is 4.04. The highest BCUT2D eigenvalue weighted by Crippen LogP contribution is 2.28. The molecule has 0 spiro atoms. The third kappa shape index (κ3) is 4.05. The lowest BCUT2D eigenvalue weighted by Gasteiger charge is -2.10. The Kier molecular flexibility index (Phi) is 5.63. The summed E-state index contributed by atoms with van der Waals surface area (Å²) in [5.74, 6) is 0. The molecule has 0 aliphatic heterocycles. The van der Waals surface area contributed by atoms with Crippen molar-refractivity contribution in [2.75, 3.05) is 6.54 Å². The minimum Gasteiger partial charge on any atom is -0.211 e. The molecule has 0 bridgehead atoms. The van der Waals surface area contributed by atoms with E-state index in [-0.39, 0.29) is 4.90 Å². The van der Waals surface area contributed by atoms with Crippen molar-refractivity contribution in [3.8, 4) is 0 Å². The average molecular weight is 385 g/mol. The van der Waals surface area contributed by atoms with E-state index in [4.69, 9.17) is 0 Å². The summed E-state index contributed by atoms with van der Waals surface area (Å²) >= 11 is 6.63. The van der Waals surface area contributed by atoms with Crippen LogP contribution in [0.25, 0.3) is 0 Å². The lowest BCUT2D eigenvalue weighted by atomic mass is 10.2. The van der Waals surface area contributed by atoms with E-state index in [1.54, 1.807) is 12.1 Å². The Bertz CT molecular complexity index is 500. The molecule has 0 atom stereocenters. The van der Waals surface area contributed by atoms with Gasteiger partial charge < -0.3 is 0 Å². The second-order valence-corrected chi connectivity index (χ2v) is 7.23. The first kappa shape index (κ1) is 15.1. The Hall–Kier alpha value is 0.0900. The van der Waals surface area contributed by atoms with Gasteiger partial charge in [0.15, 0.2) is 0 Å². The molecule has 0 fully saturated rings. The Morgan fingerprint density at radius 1 is 1.24 bits per heavy atom. The smallest absolute Gasteiger partial charge is 0.211 e. The van der Waals surface area contributed by atoms with E-state index in [2.05, 4.69) is 36.6 Å². The third-order valence-electron chi connectivity index (χ3n) is 2.33. The van der Waals surface area contributed by atoms with Crippen LogP contribution in [0.15, 0.2) is 26.0 Å². The van der Waals surface area contributed by atoms with Crippen molar-refractivity contribution in [1.29, 1.82) is 0 Å². The van der Waals surface area contributed by atoms with E-state index in [1.165, 1.54) is 0 Å². The molecule has 0 aliphatic rings. The number of hydrogen-bond acceptors (Lipinski definition) is 2. The molecule has 0 heterocycles. The normalized spacial score (nSPS) is 11.8. The predicted octanol–water partition coefficient (Wildman–Crippen LogP) is 3.60. The van der Waals surface area contributed by atoms with Crippen LogP contribution in [0.1, 0.15) is 25.3 Å². The first-order chi connectivity index (χ1) is 7.88. The van der Waals surface area contributed by atoms with Crippen molar-refractivity contribution in [2.45, 2.75) is 31.6 Å². The standard InChI is InChI=1S/C11H15Br2NO2S/c1-3-4-5-14-17(15,16)11-7-9(12)8(2)6-10(11)13/h6-7,14H,3-5H2,1-2H3. The minimum atomic E-state index is -3.43. The molecule has 1 rings (SSSR count). The van der Waals surface area contributed by atoms with E-state index in [9.17, 15) is 8.42 Å². The maximum absolute atomic E-state index is 12.0. The summed E-state index contributed by atoms with van der Waals surface area (Å²) in [4.78, 5) is 0.270. The fraction of sp³-hybridized carbons (Fsp3) is 0.455. The van der Waals surface area contributed by atoms with Crippen LogP contribution in [-0.4, -0.2) is 15.0 Å². The number of unbranched alkanes of at least 4 members (excludes halogenated alkanes) is 1. The van der Waals surface area contributed by atoms with Crippen LogP contribution >= 0.6 is 31.9 Å². The number of halogens is 2. The molecule has 3 nitrogen and oxygen atoms in total. The molecule has 6 heteroatoms. The first-order valence-corrected chi connectivity index (χ1v) is 8.40. The minimum absolute atomic E-state index is 0.270. The van der Waals surface area contributed by atoms with Gasteiger partial charge in [-0.1, -0.05) is 29.3 Å². The Labute approximate surface area is 119 Å². The molecular weight excluding hydrogens is 370 g/mol. The highest BCUT2D eigenvalue weighted by Gasteiger charge is 2.18. The fourth-order valence-electron chi connectivity index (χ4n) is 1.30. The van der Waals surface area contributed by atoms with E-state index in [0.717, 1.165) is 22.9 Å². The van der Waals surface area contributed by atoms with Gasteiger partial charge in [0, 0.05) is 15.5 Å². The first-order valence-electron chi connectivity index (χ1n) is 5.33. The molecule has 0 aliphatic carbocycles. The molecular formula is C11H15Br2NO2S. The van der Waals surface area contributed by atoms with Crippen LogP contribution in [0.4, 0.5) is 0 Å². The van der Waals surface area contributed by atoms with Crippen molar-refractivity contribution in [3.05, 3.63) is 26.6 Å². The second-order valence-electron chi connectivity index (χ2n) is 3.78. The van der Waals surface area contributed by atoms with E-state index < -0.39 is 10.0 Å². The zero-order valence-electron chi connectivity index (χ0n) is 9.76. The van der Waals surface area contributed by atoms with Crippen LogP contribution in [0, 0.1) is 6.92 Å². The van der Waals surface area contributed by atoms with Gasteiger partial charge in [-0.2, -0.15) is 0 Å². The highest BCUT2D eigenvalue weighted by atomic mass is 79.9. The van der Waals surface area contributed by atoms with Crippen molar-refractivity contribution in [1.82, 2.24) is 4.72 Å². The molecule has 0 saturated heterocycles. The van der Waals surface area contributed by atoms with Gasteiger partial charge in [0.05, 0.1) is 4.90 Å². The van der Waals surface area contributed by atoms with Gasteiger partial charge in [0.1, 0.15) is 0 Å². The van der Waals surface area contributed by atoms with Crippen molar-refractivity contribution >= 4 is 41.9 Å². The average Bonchev–Trinajstić information content (AvgIpc) is 2.23. The zero-order chi connectivity index (χ0) is 13.1. The largest absolute Gasteiger partial charge is 0.241 e. The third-order valence-corrected chi connectivity index (χ3v) is 5.60. The summed E-state index contributed by atoms with van der Waals surface area (Å²) < 4.78 is 28.0. The quantitative estimate of drug-likeness (QED) is 0.788. The molecule has 1 N–H and O–H groups in total. The number of hydrogen-bond donors (Lipinski definition) is 1. The van der Waals surface area contributed by atoms with Crippen LogP contribution in [-0.2, 0) is 10.0 Å². The summed E-state index contributed by atoms with van der Waals surface area (Å²) in [6.07, 6.45) is 1.80. The summed E-state index contributed by atoms with van der Waals surface area (Å²) in [5, 5.41) is 0. The number of nitrogens with one attached hydrogen (secondary N) is 1. The zero-order valence-corrected chi connectivity index (χ0v) is 13.7. The van der Waals surface area contributed by atoms with Gasteiger partial charge in [-0.15, -0.1) is 0 Å². The maximum Gasteiger partial charge on any atom is 0.241 e. The van der Waals surface area contributed by atoms with E-state index >= 15 is 0 Å². The number of rotatable bonds is 5. The molecule has 17 heavy (non-hydrogen) atoms. The van der Waals surface area contributed by atoms with Gasteiger partial charge >= 0.3 is 0 Å². The van der Waals surface area contributed by atoms with Gasteiger partial charge in [-0.3, -0.25) is 0 Å². The molecule has 0 saturated carbocycles. The topological polar surface area (TPSA) is 46.2 Å². The SMILES string of the molecule is CCCCNS(=O)(=O)c1cc(Br)c(C)cc1Br. The highest BCUT2D eigenvalue weighted by molar-refractivity contribution is 9.11. The number of sulfonamides is 1. The van der Waals surface area contributed by atoms with Gasteiger partial charge in [-0.25, -0.2) is 13.1 Å². The maximum atomic E-state index is 12.0. The summed E-state index contributed by atoms with van der Waals surface area (Å²) in [5.41, 5.74) is 0.990. The molecule has 0 amide bonds. The molecule has 1 aromatic carbocycles. The molecule has 0 unspecified atom stereocenters. The van der Waals surface area contributed by atoms with Gasteiger partial charge in [-0.05, 0) is 47.0 Å². The summed E-state index contributed by atoms with van der Waals surface area (Å²) in [6, 6.07) is 3.41. The predicted molar refractivity (Wildman–Crippen MR) is 76.7 cm³/mol. The van der Waals surface area contributed by atoms with Crippen molar-refractivity contribution < 1.29 is 8.42 Å². The monoisotopic (exact) mass is 383 g/mol. The van der Waals surface area contributed by atoms with Crippen molar-refractivity contribution in [3.63, 3.8) is 0 Å². The summed E-state index contributed by atoms with van der Waals surface area (Å²) in [6.45, 7) is 4.40. The number of aryl methyl sites for hydroxylation is 1. The Morgan fingerprint density at radius 3 is 2.47 bits per heavy atom. The molecule has 96 valence electrons. The number of benzene rings is 1. The van der Waals surface area contributed by atoms with Crippen molar-refractivity contribution in [2.24, 2.45) is 0 Å². The summed E-state index contributed by atoms with van der Waals surface area (Å²) in [7, 11) is -3.43. The molecule has 0 aromatic heterocycles. The Morgan fingerprint density at radius 2 is 1.88 bits per heavy atom. The van der Waals surface area contributed by atoms with Gasteiger partial charge in [0.25, 0.3) is 0 Å². The molecule has 0 radical (unpaired) electrons. The van der Waals surface area contributed by atoms with Crippen LogP contribution in [0.2, 0.25) is 0 Å². The van der Waals surface area contributed by atoms with E-state index in [0.29, 0.717) is 11.0 Å². The van der Waals surface area contributed by atoms with E-state index in [1.807, 2.05) is 13.8 Å². The van der Waals surface area contributed by atoms with Crippen LogP contribution < -0.4 is 4.72 Å². The Balaban J connectivity index is 3.03. The lowest BCUT2D eigenvalue weighted by molar-refractivity contribution is 0.578. The molecule has 1 aromatic rings. The van der Waals surface area contributed by atoms with Crippen LogP contribution in [0.3, 0.4) is 0 Å². The van der Waals surface area contributed by atoms with Crippen LogP contribution in [0.5, 0.6) is 0 Å².